The number of nitrogens with zero attached hydrogens (tertiary/aromatic N) is 3. The monoisotopic (exact) mass is 368 g/mol. The third-order valence-corrected chi connectivity index (χ3v) is 4.35. The Kier molecular flexibility index (Phi) is 4.83. The molecule has 134 valence electrons. The molecule has 0 unspecified atom stereocenters. The molecule has 0 saturated carbocycles. The van der Waals surface area contributed by atoms with Gasteiger partial charge in [0.1, 0.15) is 11.3 Å². The Labute approximate surface area is 157 Å². The molecule has 0 aliphatic carbocycles. The van der Waals surface area contributed by atoms with E-state index in [0.717, 1.165) is 5.56 Å². The van der Waals surface area contributed by atoms with Gasteiger partial charge in [0.25, 0.3) is 5.91 Å². The van der Waals surface area contributed by atoms with E-state index in [-0.39, 0.29) is 11.3 Å². The second-order valence-corrected chi connectivity index (χ2v) is 7.63. The Morgan fingerprint density at radius 3 is 2.54 bits per heavy atom. The molecule has 0 spiro atoms. The lowest BCUT2D eigenvalue weighted by molar-refractivity contribution is 0.0948. The largest absolute Gasteiger partial charge is 0.294 e. The van der Waals surface area contributed by atoms with Gasteiger partial charge in [0.05, 0.1) is 16.9 Å². The van der Waals surface area contributed by atoms with Crippen LogP contribution in [0.4, 0.5) is 0 Å². The zero-order valence-electron chi connectivity index (χ0n) is 15.2. The van der Waals surface area contributed by atoms with Gasteiger partial charge in [-0.25, -0.2) is 10.4 Å². The Hall–Kier alpha value is -2.66. The van der Waals surface area contributed by atoms with E-state index in [2.05, 4.69) is 48.4 Å². The quantitative estimate of drug-likeness (QED) is 0.551. The number of nitrogens with one attached hydrogen (secondary N) is 1. The highest BCUT2D eigenvalue weighted by Gasteiger charge is 2.16. The second kappa shape index (κ2) is 6.92. The van der Waals surface area contributed by atoms with Crippen LogP contribution < -0.4 is 5.43 Å². The van der Waals surface area contributed by atoms with Gasteiger partial charge in [-0.15, -0.1) is 0 Å². The average molecular weight is 369 g/mol. The van der Waals surface area contributed by atoms with Gasteiger partial charge in [0.2, 0.25) is 0 Å². The van der Waals surface area contributed by atoms with Crippen molar-refractivity contribution in [2.24, 2.45) is 5.10 Å². The molecule has 1 aromatic carbocycles. The topological polar surface area (TPSA) is 58.8 Å². The van der Waals surface area contributed by atoms with E-state index in [1.54, 1.807) is 35.9 Å². The summed E-state index contributed by atoms with van der Waals surface area (Å²) < 4.78 is 1.67. The van der Waals surface area contributed by atoms with Gasteiger partial charge in [-0.3, -0.25) is 9.20 Å². The maximum atomic E-state index is 12.5. The van der Waals surface area contributed by atoms with Gasteiger partial charge in [0.15, 0.2) is 0 Å². The molecule has 2 heterocycles. The van der Waals surface area contributed by atoms with Crippen LogP contribution in [0.15, 0.2) is 47.7 Å². The summed E-state index contributed by atoms with van der Waals surface area (Å²) in [5, 5.41) is 4.59. The molecule has 0 radical (unpaired) electrons. The van der Waals surface area contributed by atoms with Crippen LogP contribution in [0.5, 0.6) is 0 Å². The SMILES string of the molecule is Cc1nc2ccc(Cl)cn2c1C(=O)N/N=C\c1ccc(C(C)(C)C)cc1. The summed E-state index contributed by atoms with van der Waals surface area (Å²) in [5.74, 6) is -0.333. The summed E-state index contributed by atoms with van der Waals surface area (Å²) in [6.07, 6.45) is 3.29. The minimum atomic E-state index is -0.333. The second-order valence-electron chi connectivity index (χ2n) is 7.19. The molecule has 1 amide bonds. The maximum Gasteiger partial charge on any atom is 0.290 e. The lowest BCUT2D eigenvalue weighted by Gasteiger charge is -2.18. The highest BCUT2D eigenvalue weighted by atomic mass is 35.5. The summed E-state index contributed by atoms with van der Waals surface area (Å²) in [5.41, 5.74) is 6.53. The smallest absolute Gasteiger partial charge is 0.290 e. The molecule has 5 nitrogen and oxygen atoms in total. The van der Waals surface area contributed by atoms with Crippen LogP contribution in [0.25, 0.3) is 5.65 Å². The summed E-state index contributed by atoms with van der Waals surface area (Å²) >= 11 is 6.02. The minimum Gasteiger partial charge on any atom is -0.294 e. The van der Waals surface area contributed by atoms with Crippen molar-refractivity contribution in [3.8, 4) is 0 Å². The fourth-order valence-electron chi connectivity index (χ4n) is 2.70. The Morgan fingerprint density at radius 1 is 1.19 bits per heavy atom. The number of hydrogen-bond acceptors (Lipinski definition) is 3. The first kappa shape index (κ1) is 18.1. The van der Waals surface area contributed by atoms with E-state index in [9.17, 15) is 4.79 Å². The molecule has 3 aromatic rings. The standard InChI is InChI=1S/C20H21ClN4O/c1-13-18(25-12-16(21)9-10-17(25)23-13)19(26)24-22-11-14-5-7-15(8-6-14)20(2,3)4/h5-12H,1-4H3,(H,24,26)/b22-11-. The molecule has 1 N–H and O–H groups in total. The molecule has 0 aliphatic heterocycles. The van der Waals surface area contributed by atoms with E-state index in [1.807, 2.05) is 12.1 Å². The molecule has 6 heteroatoms. The van der Waals surface area contributed by atoms with Gasteiger partial charge in [-0.05, 0) is 35.6 Å². The maximum absolute atomic E-state index is 12.5. The first-order chi connectivity index (χ1) is 12.3. The molecule has 26 heavy (non-hydrogen) atoms. The molecule has 2 aromatic heterocycles. The molecular formula is C20H21ClN4O. The third-order valence-electron chi connectivity index (χ3n) is 4.13. The van der Waals surface area contributed by atoms with Crippen molar-refractivity contribution in [3.63, 3.8) is 0 Å². The number of halogens is 1. The van der Waals surface area contributed by atoms with Gasteiger partial charge >= 0.3 is 0 Å². The van der Waals surface area contributed by atoms with Crippen LogP contribution >= 0.6 is 11.6 Å². The van der Waals surface area contributed by atoms with Crippen molar-refractivity contribution in [2.75, 3.05) is 0 Å². The molecule has 0 atom stereocenters. The van der Waals surface area contributed by atoms with Crippen LogP contribution in [-0.4, -0.2) is 21.5 Å². The van der Waals surface area contributed by atoms with Crippen LogP contribution in [0.1, 0.15) is 48.1 Å². The molecule has 0 bridgehead atoms. The van der Waals surface area contributed by atoms with E-state index in [0.29, 0.717) is 22.1 Å². The van der Waals surface area contributed by atoms with Gasteiger partial charge in [-0.1, -0.05) is 56.6 Å². The van der Waals surface area contributed by atoms with Crippen LogP contribution in [0.2, 0.25) is 5.02 Å². The number of rotatable bonds is 3. The van der Waals surface area contributed by atoms with Crippen molar-refractivity contribution >= 4 is 29.4 Å². The first-order valence-electron chi connectivity index (χ1n) is 8.34. The number of hydrazone groups is 1. The van der Waals surface area contributed by atoms with E-state index < -0.39 is 0 Å². The highest BCUT2D eigenvalue weighted by molar-refractivity contribution is 6.30. The number of carbonyl (C=O) groups is 1. The summed E-state index contributed by atoms with van der Waals surface area (Å²) in [4.78, 5) is 16.9. The number of imidazole rings is 1. The number of aromatic nitrogens is 2. The lowest BCUT2D eigenvalue weighted by atomic mass is 9.87. The Balaban J connectivity index is 1.76. The summed E-state index contributed by atoms with van der Waals surface area (Å²) in [6, 6.07) is 11.6. The zero-order valence-corrected chi connectivity index (χ0v) is 16.0. The molecule has 3 rings (SSSR count). The minimum absolute atomic E-state index is 0.103. The summed E-state index contributed by atoms with van der Waals surface area (Å²) in [7, 11) is 0. The van der Waals surface area contributed by atoms with E-state index in [1.165, 1.54) is 5.56 Å². The third kappa shape index (κ3) is 3.78. The predicted molar refractivity (Wildman–Crippen MR) is 105 cm³/mol. The number of pyridine rings is 1. The van der Waals surface area contributed by atoms with E-state index in [4.69, 9.17) is 11.6 Å². The molecule has 0 fully saturated rings. The highest BCUT2D eigenvalue weighted by Crippen LogP contribution is 2.21. The number of aryl methyl sites for hydroxylation is 1. The van der Waals surface area contributed by atoms with Crippen molar-refractivity contribution in [3.05, 3.63) is 70.1 Å². The number of fused-ring (bicyclic) bond motifs is 1. The van der Waals surface area contributed by atoms with E-state index >= 15 is 0 Å². The van der Waals surface area contributed by atoms with Crippen molar-refractivity contribution in [1.29, 1.82) is 0 Å². The van der Waals surface area contributed by atoms with Crippen LogP contribution in [0.3, 0.4) is 0 Å². The number of carbonyl (C=O) groups excluding carboxylic acids is 1. The van der Waals surface area contributed by atoms with Crippen molar-refractivity contribution in [2.45, 2.75) is 33.1 Å². The zero-order chi connectivity index (χ0) is 18.9. The molecule has 0 aliphatic rings. The number of hydrogen-bond donors (Lipinski definition) is 1. The predicted octanol–water partition coefficient (Wildman–Crippen LogP) is 4.36. The fraction of sp³-hybridized carbons (Fsp3) is 0.250. The van der Waals surface area contributed by atoms with Gasteiger partial charge in [0, 0.05) is 6.20 Å². The first-order valence-corrected chi connectivity index (χ1v) is 8.71. The fourth-order valence-corrected chi connectivity index (χ4v) is 2.86. The average Bonchev–Trinajstić information content (AvgIpc) is 2.89. The summed E-state index contributed by atoms with van der Waals surface area (Å²) in [6.45, 7) is 8.28. The number of amides is 1. The lowest BCUT2D eigenvalue weighted by Crippen LogP contribution is -2.20. The normalized spacial score (nSPS) is 12.0. The van der Waals surface area contributed by atoms with Crippen molar-refractivity contribution < 1.29 is 4.79 Å². The van der Waals surface area contributed by atoms with Crippen LogP contribution in [-0.2, 0) is 5.41 Å². The Morgan fingerprint density at radius 2 is 1.88 bits per heavy atom. The Bertz CT molecular complexity index is 981. The number of benzene rings is 1. The van der Waals surface area contributed by atoms with Gasteiger partial charge in [-0.2, -0.15) is 5.10 Å². The molecular weight excluding hydrogens is 348 g/mol. The van der Waals surface area contributed by atoms with Gasteiger partial charge < -0.3 is 0 Å². The molecule has 0 saturated heterocycles. The van der Waals surface area contributed by atoms with Crippen LogP contribution in [0, 0.1) is 6.92 Å². The van der Waals surface area contributed by atoms with Crippen molar-refractivity contribution in [1.82, 2.24) is 14.8 Å².